The molecule has 1 saturated heterocycles. The molecular formula is C15H20FN3O. The van der Waals surface area contributed by atoms with Crippen LogP contribution in [0.25, 0.3) is 0 Å². The molecule has 1 amide bonds. The summed E-state index contributed by atoms with van der Waals surface area (Å²) in [6.07, 6.45) is 2.05. The average molecular weight is 277 g/mol. The zero-order chi connectivity index (χ0) is 14.3. The van der Waals surface area contributed by atoms with Gasteiger partial charge in [0.1, 0.15) is 5.82 Å². The molecule has 0 aliphatic carbocycles. The summed E-state index contributed by atoms with van der Waals surface area (Å²) in [6.45, 7) is 3.08. The molecule has 2 heterocycles. The first-order valence-electron chi connectivity index (χ1n) is 7.12. The summed E-state index contributed by atoms with van der Waals surface area (Å²) < 4.78 is 14.1. The fourth-order valence-corrected chi connectivity index (χ4v) is 3.03. The maximum Gasteiger partial charge on any atom is 0.224 e. The van der Waals surface area contributed by atoms with Crippen molar-refractivity contribution in [1.82, 2.24) is 4.90 Å². The van der Waals surface area contributed by atoms with E-state index in [1.54, 1.807) is 12.1 Å². The number of rotatable bonds is 2. The second-order valence-electron chi connectivity index (χ2n) is 5.90. The number of likely N-dealkylation sites (tertiary alicyclic amines) is 1. The second kappa shape index (κ2) is 5.05. The van der Waals surface area contributed by atoms with Crippen LogP contribution in [-0.2, 0) is 11.2 Å². The molecule has 0 aromatic heterocycles. The van der Waals surface area contributed by atoms with Crippen molar-refractivity contribution in [3.05, 3.63) is 23.5 Å². The van der Waals surface area contributed by atoms with Gasteiger partial charge in [0.15, 0.2) is 0 Å². The van der Waals surface area contributed by atoms with Crippen molar-refractivity contribution in [2.75, 3.05) is 24.2 Å². The minimum absolute atomic E-state index is 0.00396. The summed E-state index contributed by atoms with van der Waals surface area (Å²) in [5, 5.41) is 6.08. The number of amides is 1. The largest absolute Gasteiger partial charge is 0.379 e. The second-order valence-corrected chi connectivity index (χ2v) is 5.90. The Morgan fingerprint density at radius 2 is 2.20 bits per heavy atom. The first-order chi connectivity index (χ1) is 9.52. The van der Waals surface area contributed by atoms with Gasteiger partial charge in [0.2, 0.25) is 5.91 Å². The summed E-state index contributed by atoms with van der Waals surface area (Å²) in [5.41, 5.74) is 2.10. The van der Waals surface area contributed by atoms with Gasteiger partial charge >= 0.3 is 0 Å². The van der Waals surface area contributed by atoms with Crippen molar-refractivity contribution in [3.63, 3.8) is 0 Å². The predicted molar refractivity (Wildman–Crippen MR) is 77.5 cm³/mol. The summed E-state index contributed by atoms with van der Waals surface area (Å²) in [4.78, 5) is 13.7. The molecule has 2 aliphatic rings. The van der Waals surface area contributed by atoms with Gasteiger partial charge in [-0.2, -0.15) is 0 Å². The molecule has 1 fully saturated rings. The fraction of sp³-hybridized carbons (Fsp3) is 0.533. The van der Waals surface area contributed by atoms with Crippen LogP contribution in [0.5, 0.6) is 0 Å². The maximum atomic E-state index is 14.1. The van der Waals surface area contributed by atoms with E-state index in [9.17, 15) is 9.18 Å². The van der Waals surface area contributed by atoms with Crippen molar-refractivity contribution in [1.29, 1.82) is 0 Å². The lowest BCUT2D eigenvalue weighted by atomic mass is 10.0. The van der Waals surface area contributed by atoms with E-state index in [4.69, 9.17) is 0 Å². The zero-order valence-corrected chi connectivity index (χ0v) is 11.9. The average Bonchev–Trinajstić information content (AvgIpc) is 2.70. The van der Waals surface area contributed by atoms with Gasteiger partial charge in [-0.3, -0.25) is 4.79 Å². The standard InChI is InChI=1S/C15H20FN3O/c1-9-5-11(8-19(9)2)17-14-7-13-10(6-12(14)16)3-4-15(20)18-13/h6-7,9,11,17H,3-5,8H2,1-2H3,(H,18,20). The van der Waals surface area contributed by atoms with Crippen LogP contribution in [0.1, 0.15) is 25.3 Å². The molecule has 2 N–H and O–H groups in total. The van der Waals surface area contributed by atoms with Crippen molar-refractivity contribution in [2.45, 2.75) is 38.3 Å². The number of aryl methyl sites for hydroxylation is 1. The van der Waals surface area contributed by atoms with E-state index in [2.05, 4.69) is 29.5 Å². The maximum absolute atomic E-state index is 14.1. The van der Waals surface area contributed by atoms with Crippen LogP contribution >= 0.6 is 0 Å². The van der Waals surface area contributed by atoms with Gasteiger partial charge in [0.05, 0.1) is 5.69 Å². The van der Waals surface area contributed by atoms with Crippen LogP contribution in [0.15, 0.2) is 12.1 Å². The van der Waals surface area contributed by atoms with Crippen molar-refractivity contribution in [2.24, 2.45) is 0 Å². The Balaban J connectivity index is 1.80. The molecule has 108 valence electrons. The Bertz CT molecular complexity index is 536. The highest BCUT2D eigenvalue weighted by atomic mass is 19.1. The molecule has 2 aliphatic heterocycles. The van der Waals surface area contributed by atoms with E-state index < -0.39 is 0 Å². The van der Waals surface area contributed by atoms with Gasteiger partial charge in [-0.05, 0) is 44.5 Å². The molecule has 3 rings (SSSR count). The number of halogens is 1. The van der Waals surface area contributed by atoms with Crippen LogP contribution in [-0.4, -0.2) is 36.5 Å². The molecule has 0 bridgehead atoms. The number of carbonyl (C=O) groups is 1. The summed E-state index contributed by atoms with van der Waals surface area (Å²) >= 11 is 0. The first kappa shape index (κ1) is 13.4. The molecule has 5 heteroatoms. The minimum Gasteiger partial charge on any atom is -0.379 e. The molecule has 0 spiro atoms. The lowest BCUT2D eigenvalue weighted by Gasteiger charge is -2.20. The number of fused-ring (bicyclic) bond motifs is 1. The third-order valence-corrected chi connectivity index (χ3v) is 4.33. The first-order valence-corrected chi connectivity index (χ1v) is 7.12. The van der Waals surface area contributed by atoms with Crippen LogP contribution in [0.4, 0.5) is 15.8 Å². The Morgan fingerprint density at radius 3 is 2.90 bits per heavy atom. The number of likely N-dealkylation sites (N-methyl/N-ethyl adjacent to an activating group) is 1. The van der Waals surface area contributed by atoms with Crippen LogP contribution in [0.2, 0.25) is 0 Å². The van der Waals surface area contributed by atoms with E-state index >= 15 is 0 Å². The normalized spacial score (nSPS) is 26.2. The molecule has 2 atom stereocenters. The lowest BCUT2D eigenvalue weighted by molar-refractivity contribution is -0.116. The van der Waals surface area contributed by atoms with E-state index in [0.29, 0.717) is 24.6 Å². The molecule has 0 saturated carbocycles. The van der Waals surface area contributed by atoms with Crippen molar-refractivity contribution < 1.29 is 9.18 Å². The van der Waals surface area contributed by atoms with Gasteiger partial charge < -0.3 is 15.5 Å². The van der Waals surface area contributed by atoms with E-state index in [1.807, 2.05) is 0 Å². The monoisotopic (exact) mass is 277 g/mol. The molecule has 2 unspecified atom stereocenters. The number of carbonyl (C=O) groups excluding carboxylic acids is 1. The zero-order valence-electron chi connectivity index (χ0n) is 11.9. The number of hydrogen-bond donors (Lipinski definition) is 2. The number of anilines is 2. The van der Waals surface area contributed by atoms with Gasteiger partial charge in [0, 0.05) is 30.7 Å². The fourth-order valence-electron chi connectivity index (χ4n) is 3.03. The third-order valence-electron chi connectivity index (χ3n) is 4.33. The van der Waals surface area contributed by atoms with E-state index in [0.717, 1.165) is 24.2 Å². The highest BCUT2D eigenvalue weighted by Gasteiger charge is 2.27. The molecule has 4 nitrogen and oxygen atoms in total. The molecule has 0 radical (unpaired) electrons. The molecule has 1 aromatic rings. The smallest absolute Gasteiger partial charge is 0.224 e. The van der Waals surface area contributed by atoms with Gasteiger partial charge in [0.25, 0.3) is 0 Å². The predicted octanol–water partition coefficient (Wildman–Crippen LogP) is 2.21. The Hall–Kier alpha value is -1.62. The molecule has 20 heavy (non-hydrogen) atoms. The van der Waals surface area contributed by atoms with Gasteiger partial charge in [-0.15, -0.1) is 0 Å². The minimum atomic E-state index is -0.234. The topological polar surface area (TPSA) is 44.4 Å². The van der Waals surface area contributed by atoms with Crippen molar-refractivity contribution >= 4 is 17.3 Å². The number of nitrogens with one attached hydrogen (secondary N) is 2. The van der Waals surface area contributed by atoms with E-state index in [1.165, 1.54) is 0 Å². The third kappa shape index (κ3) is 2.50. The SMILES string of the molecule is CC1CC(Nc2cc3c(cc2F)CCC(=O)N3)CN1C. The van der Waals surface area contributed by atoms with Gasteiger partial charge in [-0.1, -0.05) is 0 Å². The highest BCUT2D eigenvalue weighted by Crippen LogP contribution is 2.30. The van der Waals surface area contributed by atoms with Gasteiger partial charge in [-0.25, -0.2) is 4.39 Å². The quantitative estimate of drug-likeness (QED) is 0.871. The lowest BCUT2D eigenvalue weighted by Crippen LogP contribution is -2.25. The van der Waals surface area contributed by atoms with Crippen LogP contribution in [0.3, 0.4) is 0 Å². The highest BCUT2D eigenvalue weighted by molar-refractivity contribution is 5.94. The molecule has 1 aromatic carbocycles. The van der Waals surface area contributed by atoms with Crippen LogP contribution < -0.4 is 10.6 Å². The van der Waals surface area contributed by atoms with Crippen LogP contribution in [0, 0.1) is 5.82 Å². The summed E-state index contributed by atoms with van der Waals surface area (Å²) in [5.74, 6) is -0.230. The Labute approximate surface area is 118 Å². The number of hydrogen-bond acceptors (Lipinski definition) is 3. The van der Waals surface area contributed by atoms with Crippen molar-refractivity contribution in [3.8, 4) is 0 Å². The Morgan fingerprint density at radius 1 is 1.40 bits per heavy atom. The summed E-state index contributed by atoms with van der Waals surface area (Å²) in [6, 6.07) is 4.03. The summed E-state index contributed by atoms with van der Waals surface area (Å²) in [7, 11) is 2.08. The number of nitrogens with zero attached hydrogens (tertiary/aromatic N) is 1. The Kier molecular flexibility index (Phi) is 3.38. The molecular weight excluding hydrogens is 257 g/mol. The number of benzene rings is 1. The van der Waals surface area contributed by atoms with E-state index in [-0.39, 0.29) is 17.8 Å².